The largest absolute Gasteiger partial charge is 0.326 e. The van der Waals surface area contributed by atoms with Crippen LogP contribution in [0.5, 0.6) is 0 Å². The molecule has 0 aromatic heterocycles. The lowest BCUT2D eigenvalue weighted by atomic mass is 9.94. The second-order valence-electron chi connectivity index (χ2n) is 7.44. The van der Waals surface area contributed by atoms with Crippen LogP contribution in [0.4, 0.5) is 5.69 Å². The number of amides is 3. The van der Waals surface area contributed by atoms with Crippen LogP contribution < -0.4 is 5.32 Å². The Kier molecular flexibility index (Phi) is 4.89. The van der Waals surface area contributed by atoms with Gasteiger partial charge in [-0.3, -0.25) is 19.3 Å². The average Bonchev–Trinajstić information content (AvgIpc) is 2.70. The molecule has 0 spiro atoms. The van der Waals surface area contributed by atoms with E-state index in [1.165, 1.54) is 4.90 Å². The highest BCUT2D eigenvalue weighted by atomic mass is 16.2. The van der Waals surface area contributed by atoms with E-state index in [1.54, 1.807) is 12.1 Å². The standard InChI is InChI=1S/C24H22N2O3/c1-15-11-12-20(16(2)14-15)25-21(27)10-5-13-26-23(28)18-8-3-6-17-7-4-9-19(22(17)18)24(26)29/h3-4,6-9,11-12,14H,5,10,13H2,1-2H3,(H,25,27). The molecule has 5 nitrogen and oxygen atoms in total. The van der Waals surface area contributed by atoms with E-state index in [4.69, 9.17) is 0 Å². The van der Waals surface area contributed by atoms with Crippen LogP contribution in [0.2, 0.25) is 0 Å². The summed E-state index contributed by atoms with van der Waals surface area (Å²) in [6.45, 7) is 4.16. The summed E-state index contributed by atoms with van der Waals surface area (Å²) in [5, 5.41) is 4.50. The molecule has 0 bridgehead atoms. The van der Waals surface area contributed by atoms with Gasteiger partial charge in [-0.15, -0.1) is 0 Å². The monoisotopic (exact) mass is 386 g/mol. The van der Waals surface area contributed by atoms with Crippen molar-refractivity contribution in [1.82, 2.24) is 4.90 Å². The Hall–Kier alpha value is -3.47. The zero-order valence-electron chi connectivity index (χ0n) is 16.5. The second kappa shape index (κ2) is 7.51. The molecule has 3 amide bonds. The van der Waals surface area contributed by atoms with Gasteiger partial charge >= 0.3 is 0 Å². The van der Waals surface area contributed by atoms with Gasteiger partial charge in [0.15, 0.2) is 0 Å². The molecule has 0 radical (unpaired) electrons. The molecule has 3 aromatic carbocycles. The summed E-state index contributed by atoms with van der Waals surface area (Å²) in [7, 11) is 0. The van der Waals surface area contributed by atoms with Crippen molar-refractivity contribution in [2.75, 3.05) is 11.9 Å². The third kappa shape index (κ3) is 3.51. The summed E-state index contributed by atoms with van der Waals surface area (Å²) in [6, 6.07) is 16.8. The molecule has 1 heterocycles. The van der Waals surface area contributed by atoms with E-state index in [9.17, 15) is 14.4 Å². The summed E-state index contributed by atoms with van der Waals surface area (Å²) < 4.78 is 0. The highest BCUT2D eigenvalue weighted by Gasteiger charge is 2.32. The minimum absolute atomic E-state index is 0.128. The zero-order valence-corrected chi connectivity index (χ0v) is 16.5. The fourth-order valence-corrected chi connectivity index (χ4v) is 3.85. The van der Waals surface area contributed by atoms with E-state index in [-0.39, 0.29) is 30.7 Å². The highest BCUT2D eigenvalue weighted by Crippen LogP contribution is 2.30. The molecule has 5 heteroatoms. The smallest absolute Gasteiger partial charge is 0.261 e. The minimum Gasteiger partial charge on any atom is -0.326 e. The maximum atomic E-state index is 12.9. The van der Waals surface area contributed by atoms with Gasteiger partial charge in [0.25, 0.3) is 11.8 Å². The number of nitrogens with zero attached hydrogens (tertiary/aromatic N) is 1. The van der Waals surface area contributed by atoms with E-state index in [0.717, 1.165) is 22.2 Å². The number of carbonyl (C=O) groups excluding carboxylic acids is 3. The Morgan fingerprint density at radius 1 is 0.931 bits per heavy atom. The number of hydrogen-bond acceptors (Lipinski definition) is 3. The summed E-state index contributed by atoms with van der Waals surface area (Å²) in [5.41, 5.74) is 4.00. The summed E-state index contributed by atoms with van der Waals surface area (Å²) in [4.78, 5) is 39.3. The molecule has 0 atom stereocenters. The first-order valence-corrected chi connectivity index (χ1v) is 9.71. The van der Waals surface area contributed by atoms with Crippen LogP contribution in [0.25, 0.3) is 10.8 Å². The van der Waals surface area contributed by atoms with Crippen LogP contribution in [0.1, 0.15) is 44.7 Å². The molecule has 0 fully saturated rings. The number of rotatable bonds is 5. The maximum absolute atomic E-state index is 12.9. The minimum atomic E-state index is -0.297. The lowest BCUT2D eigenvalue weighted by Gasteiger charge is -2.27. The summed E-state index contributed by atoms with van der Waals surface area (Å²) in [5.74, 6) is -0.723. The van der Waals surface area contributed by atoms with Crippen molar-refractivity contribution in [3.63, 3.8) is 0 Å². The van der Waals surface area contributed by atoms with E-state index in [0.29, 0.717) is 22.9 Å². The molecule has 0 unspecified atom stereocenters. The predicted molar refractivity (Wildman–Crippen MR) is 113 cm³/mol. The Labute approximate surface area is 169 Å². The fourth-order valence-electron chi connectivity index (χ4n) is 3.85. The normalized spacial score (nSPS) is 13.1. The molecule has 29 heavy (non-hydrogen) atoms. The first kappa shape index (κ1) is 18.9. The van der Waals surface area contributed by atoms with Crippen LogP contribution in [-0.2, 0) is 4.79 Å². The van der Waals surface area contributed by atoms with Crippen LogP contribution in [-0.4, -0.2) is 29.2 Å². The number of nitrogens with one attached hydrogen (secondary N) is 1. The van der Waals surface area contributed by atoms with Gasteiger partial charge in [-0.25, -0.2) is 0 Å². The van der Waals surface area contributed by atoms with E-state index < -0.39 is 0 Å². The molecule has 1 aliphatic heterocycles. The van der Waals surface area contributed by atoms with Crippen LogP contribution in [0, 0.1) is 13.8 Å². The number of aryl methyl sites for hydroxylation is 2. The molecule has 146 valence electrons. The van der Waals surface area contributed by atoms with Gasteiger partial charge in [-0.05, 0) is 49.4 Å². The van der Waals surface area contributed by atoms with Gasteiger partial charge in [0.05, 0.1) is 0 Å². The van der Waals surface area contributed by atoms with Crippen LogP contribution in [0.15, 0.2) is 54.6 Å². The van der Waals surface area contributed by atoms with Crippen molar-refractivity contribution in [2.24, 2.45) is 0 Å². The lowest BCUT2D eigenvalue weighted by molar-refractivity contribution is -0.116. The summed E-state index contributed by atoms with van der Waals surface area (Å²) >= 11 is 0. The molecule has 0 saturated carbocycles. The molecule has 4 rings (SSSR count). The zero-order chi connectivity index (χ0) is 20.5. The highest BCUT2D eigenvalue weighted by molar-refractivity contribution is 6.25. The first-order valence-electron chi connectivity index (χ1n) is 9.71. The van der Waals surface area contributed by atoms with Crippen LogP contribution in [0.3, 0.4) is 0 Å². The topological polar surface area (TPSA) is 66.5 Å². The third-order valence-corrected chi connectivity index (χ3v) is 5.30. The average molecular weight is 386 g/mol. The number of hydrogen-bond donors (Lipinski definition) is 1. The van der Waals surface area contributed by atoms with Gasteiger partial charge < -0.3 is 5.32 Å². The molecule has 0 aliphatic carbocycles. The Bertz CT molecular complexity index is 1100. The first-order chi connectivity index (χ1) is 14.0. The van der Waals surface area contributed by atoms with Crippen molar-refractivity contribution in [2.45, 2.75) is 26.7 Å². The quantitative estimate of drug-likeness (QED) is 0.658. The van der Waals surface area contributed by atoms with Gasteiger partial charge in [0, 0.05) is 35.2 Å². The predicted octanol–water partition coefficient (Wildman–Crippen LogP) is 4.47. The molecule has 3 aromatic rings. The number of imide groups is 1. The summed E-state index contributed by atoms with van der Waals surface area (Å²) in [6.07, 6.45) is 0.641. The molecule has 1 N–H and O–H groups in total. The third-order valence-electron chi connectivity index (χ3n) is 5.30. The van der Waals surface area contributed by atoms with Crippen molar-refractivity contribution in [3.05, 3.63) is 76.9 Å². The number of benzene rings is 3. The van der Waals surface area contributed by atoms with Crippen molar-refractivity contribution in [1.29, 1.82) is 0 Å². The van der Waals surface area contributed by atoms with Crippen LogP contribution >= 0.6 is 0 Å². The molecular formula is C24H22N2O3. The Balaban J connectivity index is 1.43. The fraction of sp³-hybridized carbons (Fsp3) is 0.208. The van der Waals surface area contributed by atoms with E-state index in [1.807, 2.05) is 56.3 Å². The Morgan fingerprint density at radius 2 is 1.59 bits per heavy atom. The van der Waals surface area contributed by atoms with Gasteiger partial charge in [-0.2, -0.15) is 0 Å². The van der Waals surface area contributed by atoms with E-state index >= 15 is 0 Å². The number of carbonyl (C=O) groups is 3. The van der Waals surface area contributed by atoms with E-state index in [2.05, 4.69) is 5.32 Å². The maximum Gasteiger partial charge on any atom is 0.261 e. The van der Waals surface area contributed by atoms with Gasteiger partial charge in [0.1, 0.15) is 0 Å². The van der Waals surface area contributed by atoms with Crippen molar-refractivity contribution >= 4 is 34.2 Å². The molecular weight excluding hydrogens is 364 g/mol. The molecule has 1 aliphatic rings. The van der Waals surface area contributed by atoms with Crippen molar-refractivity contribution in [3.8, 4) is 0 Å². The Morgan fingerprint density at radius 3 is 2.21 bits per heavy atom. The molecule has 0 saturated heterocycles. The lowest BCUT2D eigenvalue weighted by Crippen LogP contribution is -2.41. The van der Waals surface area contributed by atoms with Crippen molar-refractivity contribution < 1.29 is 14.4 Å². The second-order valence-corrected chi connectivity index (χ2v) is 7.44. The van der Waals surface area contributed by atoms with Gasteiger partial charge in [-0.1, -0.05) is 42.0 Å². The van der Waals surface area contributed by atoms with Gasteiger partial charge in [0.2, 0.25) is 5.91 Å². The SMILES string of the molecule is Cc1ccc(NC(=O)CCCN2C(=O)c3cccc4cccc(c34)C2=O)c(C)c1. The number of anilines is 1.